The van der Waals surface area contributed by atoms with Crippen molar-refractivity contribution in [3.05, 3.63) is 62.8 Å². The molecule has 0 bridgehead atoms. The molecule has 0 spiro atoms. The maximum absolute atomic E-state index is 11.8. The monoisotopic (exact) mass is 352 g/mol. The van der Waals surface area contributed by atoms with Crippen molar-refractivity contribution < 1.29 is 0 Å². The predicted octanol–water partition coefficient (Wildman–Crippen LogP) is 3.62. The number of rotatable bonds is 6. The molecule has 4 rings (SSSR count). The summed E-state index contributed by atoms with van der Waals surface area (Å²) in [6.45, 7) is 2.89. The van der Waals surface area contributed by atoms with Gasteiger partial charge in [0, 0.05) is 34.4 Å². The van der Waals surface area contributed by atoms with Crippen molar-refractivity contribution in [3.8, 4) is 11.4 Å². The molecule has 1 aliphatic rings. The lowest BCUT2D eigenvalue weighted by atomic mass is 10.2. The summed E-state index contributed by atoms with van der Waals surface area (Å²) in [7, 11) is 0. The van der Waals surface area contributed by atoms with Gasteiger partial charge in [-0.1, -0.05) is 13.0 Å². The van der Waals surface area contributed by atoms with Gasteiger partial charge in [0.25, 0.3) is 5.56 Å². The van der Waals surface area contributed by atoms with Crippen LogP contribution in [-0.2, 0) is 13.0 Å². The largest absolute Gasteiger partial charge is 0.348 e. The Morgan fingerprint density at radius 1 is 1.32 bits per heavy atom. The Morgan fingerprint density at radius 3 is 2.84 bits per heavy atom. The fourth-order valence-electron chi connectivity index (χ4n) is 2.88. The summed E-state index contributed by atoms with van der Waals surface area (Å²) < 4.78 is 0. The number of thiophene rings is 1. The first-order chi connectivity index (χ1) is 12.2. The molecule has 128 valence electrons. The molecule has 1 fully saturated rings. The van der Waals surface area contributed by atoms with Crippen molar-refractivity contribution in [2.24, 2.45) is 0 Å². The first-order valence-corrected chi connectivity index (χ1v) is 9.46. The fraction of sp³-hybridized carbons (Fsp3) is 0.316. The van der Waals surface area contributed by atoms with Crippen LogP contribution in [0, 0.1) is 0 Å². The summed E-state index contributed by atoms with van der Waals surface area (Å²) in [6, 6.07) is 10.4. The standard InChI is InChI=1S/C19H20N4OS/c1-2-14-10-18(24)22-19(21-14)13-5-8-17(20-11-13)23(15-6-7-15)12-16-4-3-9-25-16/h3-5,8-11,15H,2,6-7,12H2,1H3,(H,21,22,24). The van der Waals surface area contributed by atoms with Gasteiger partial charge >= 0.3 is 0 Å². The van der Waals surface area contributed by atoms with E-state index in [0.29, 0.717) is 11.9 Å². The summed E-state index contributed by atoms with van der Waals surface area (Å²) in [5, 5.41) is 2.11. The van der Waals surface area contributed by atoms with E-state index in [9.17, 15) is 4.79 Å². The molecular formula is C19H20N4OS. The number of hydrogen-bond acceptors (Lipinski definition) is 5. The molecule has 1 saturated carbocycles. The molecule has 0 amide bonds. The number of hydrogen-bond donors (Lipinski definition) is 1. The lowest BCUT2D eigenvalue weighted by molar-refractivity contribution is 0.786. The number of H-pyrrole nitrogens is 1. The van der Waals surface area contributed by atoms with Crippen LogP contribution in [0.1, 0.15) is 30.3 Å². The molecule has 6 heteroatoms. The molecule has 0 unspecified atom stereocenters. The average Bonchev–Trinajstić information content (AvgIpc) is 3.35. The molecular weight excluding hydrogens is 332 g/mol. The Kier molecular flexibility index (Phi) is 4.36. The van der Waals surface area contributed by atoms with Crippen LogP contribution in [0.25, 0.3) is 11.4 Å². The fourth-order valence-corrected chi connectivity index (χ4v) is 3.58. The molecule has 3 aromatic rings. The number of nitrogens with zero attached hydrogens (tertiary/aromatic N) is 3. The van der Waals surface area contributed by atoms with E-state index in [0.717, 1.165) is 30.0 Å². The maximum Gasteiger partial charge on any atom is 0.251 e. The highest BCUT2D eigenvalue weighted by molar-refractivity contribution is 7.09. The molecule has 3 aromatic heterocycles. The molecule has 0 saturated heterocycles. The molecule has 1 N–H and O–H groups in total. The second-order valence-electron chi connectivity index (χ2n) is 6.28. The summed E-state index contributed by atoms with van der Waals surface area (Å²) in [5.74, 6) is 1.56. The van der Waals surface area contributed by atoms with E-state index in [1.807, 2.05) is 19.1 Å². The zero-order valence-electron chi connectivity index (χ0n) is 14.1. The minimum Gasteiger partial charge on any atom is -0.348 e. The smallest absolute Gasteiger partial charge is 0.251 e. The van der Waals surface area contributed by atoms with Gasteiger partial charge in [0.2, 0.25) is 0 Å². The van der Waals surface area contributed by atoms with E-state index < -0.39 is 0 Å². The first kappa shape index (κ1) is 16.0. The van der Waals surface area contributed by atoms with Crippen LogP contribution in [0.2, 0.25) is 0 Å². The van der Waals surface area contributed by atoms with Gasteiger partial charge < -0.3 is 9.88 Å². The van der Waals surface area contributed by atoms with Gasteiger partial charge in [0.05, 0.1) is 6.54 Å². The number of aryl methyl sites for hydroxylation is 1. The van der Waals surface area contributed by atoms with Crippen molar-refractivity contribution in [3.63, 3.8) is 0 Å². The lowest BCUT2D eigenvalue weighted by Gasteiger charge is -2.23. The van der Waals surface area contributed by atoms with E-state index >= 15 is 0 Å². The zero-order valence-corrected chi connectivity index (χ0v) is 14.9. The average molecular weight is 352 g/mol. The molecule has 0 radical (unpaired) electrons. The third-order valence-corrected chi connectivity index (χ3v) is 5.23. The van der Waals surface area contributed by atoms with Crippen LogP contribution in [0.5, 0.6) is 0 Å². The van der Waals surface area contributed by atoms with E-state index in [1.54, 1.807) is 23.6 Å². The summed E-state index contributed by atoms with van der Waals surface area (Å²) in [4.78, 5) is 27.4. The lowest BCUT2D eigenvalue weighted by Crippen LogP contribution is -2.25. The highest BCUT2D eigenvalue weighted by atomic mass is 32.1. The number of anilines is 1. The second kappa shape index (κ2) is 6.80. The minimum atomic E-state index is -0.122. The van der Waals surface area contributed by atoms with Gasteiger partial charge in [0.1, 0.15) is 11.6 Å². The van der Waals surface area contributed by atoms with Crippen LogP contribution < -0.4 is 10.5 Å². The second-order valence-corrected chi connectivity index (χ2v) is 7.31. The normalized spacial score (nSPS) is 13.8. The number of pyridine rings is 1. The Balaban J connectivity index is 1.60. The number of aromatic nitrogens is 3. The molecule has 0 aliphatic heterocycles. The van der Waals surface area contributed by atoms with E-state index in [-0.39, 0.29) is 5.56 Å². The van der Waals surface area contributed by atoms with Crippen molar-refractivity contribution in [2.45, 2.75) is 38.8 Å². The van der Waals surface area contributed by atoms with Crippen LogP contribution in [-0.4, -0.2) is 21.0 Å². The number of nitrogens with one attached hydrogen (secondary N) is 1. The molecule has 3 heterocycles. The van der Waals surface area contributed by atoms with Gasteiger partial charge in [-0.05, 0) is 42.8 Å². The Bertz CT molecular complexity index is 898. The molecule has 25 heavy (non-hydrogen) atoms. The van der Waals surface area contributed by atoms with Gasteiger partial charge in [-0.25, -0.2) is 9.97 Å². The predicted molar refractivity (Wildman–Crippen MR) is 101 cm³/mol. The highest BCUT2D eigenvalue weighted by Crippen LogP contribution is 2.33. The van der Waals surface area contributed by atoms with Crippen molar-refractivity contribution >= 4 is 17.2 Å². The van der Waals surface area contributed by atoms with E-state index in [4.69, 9.17) is 0 Å². The van der Waals surface area contributed by atoms with Gasteiger partial charge in [-0.3, -0.25) is 4.79 Å². The highest BCUT2D eigenvalue weighted by Gasteiger charge is 2.30. The molecule has 5 nitrogen and oxygen atoms in total. The quantitative estimate of drug-likeness (QED) is 0.736. The Morgan fingerprint density at radius 2 is 2.20 bits per heavy atom. The van der Waals surface area contributed by atoms with Crippen LogP contribution in [0.3, 0.4) is 0 Å². The molecule has 0 atom stereocenters. The Labute approximate surface area is 150 Å². The van der Waals surface area contributed by atoms with Crippen molar-refractivity contribution in [1.82, 2.24) is 15.0 Å². The van der Waals surface area contributed by atoms with Crippen LogP contribution >= 0.6 is 11.3 Å². The van der Waals surface area contributed by atoms with Crippen molar-refractivity contribution in [2.75, 3.05) is 4.90 Å². The zero-order chi connectivity index (χ0) is 17.2. The third kappa shape index (κ3) is 3.64. The first-order valence-electron chi connectivity index (χ1n) is 8.58. The van der Waals surface area contributed by atoms with Crippen LogP contribution in [0.4, 0.5) is 5.82 Å². The minimum absolute atomic E-state index is 0.122. The van der Waals surface area contributed by atoms with Crippen LogP contribution in [0.15, 0.2) is 46.7 Å². The van der Waals surface area contributed by atoms with Crippen molar-refractivity contribution in [1.29, 1.82) is 0 Å². The number of aromatic amines is 1. The molecule has 0 aromatic carbocycles. The van der Waals surface area contributed by atoms with E-state index in [2.05, 4.69) is 37.4 Å². The Hall–Kier alpha value is -2.47. The third-order valence-electron chi connectivity index (χ3n) is 4.37. The summed E-state index contributed by atoms with van der Waals surface area (Å²) in [5.41, 5.74) is 1.51. The topological polar surface area (TPSA) is 61.9 Å². The van der Waals surface area contributed by atoms with Gasteiger partial charge in [-0.2, -0.15) is 0 Å². The SMILES string of the molecule is CCc1cc(=O)[nH]c(-c2ccc(N(Cc3cccs3)C3CC3)nc2)n1. The van der Waals surface area contributed by atoms with Gasteiger partial charge in [0.15, 0.2) is 0 Å². The van der Waals surface area contributed by atoms with Gasteiger partial charge in [-0.15, -0.1) is 11.3 Å². The summed E-state index contributed by atoms with van der Waals surface area (Å²) >= 11 is 1.78. The van der Waals surface area contributed by atoms with E-state index in [1.165, 1.54) is 17.7 Å². The molecule has 1 aliphatic carbocycles. The maximum atomic E-state index is 11.8. The summed E-state index contributed by atoms with van der Waals surface area (Å²) in [6.07, 6.45) is 4.99.